The Labute approximate surface area is 116 Å². The van der Waals surface area contributed by atoms with Crippen LogP contribution in [0.1, 0.15) is 31.2 Å². The van der Waals surface area contributed by atoms with E-state index in [1.807, 2.05) is 0 Å². The predicted molar refractivity (Wildman–Crippen MR) is 79.2 cm³/mol. The van der Waals surface area contributed by atoms with E-state index in [1.165, 1.54) is 24.8 Å². The van der Waals surface area contributed by atoms with Crippen molar-refractivity contribution in [2.24, 2.45) is 5.73 Å². The molecule has 1 aliphatic carbocycles. The molecular formula is C16H26N2O. The van der Waals surface area contributed by atoms with Crippen molar-refractivity contribution >= 4 is 0 Å². The molecule has 0 saturated heterocycles. The number of aryl methyl sites for hydroxylation is 1. The van der Waals surface area contributed by atoms with Gasteiger partial charge in [0.1, 0.15) is 0 Å². The van der Waals surface area contributed by atoms with Crippen molar-refractivity contribution in [3.63, 3.8) is 0 Å². The Morgan fingerprint density at radius 3 is 2.84 bits per heavy atom. The summed E-state index contributed by atoms with van der Waals surface area (Å²) in [5.74, 6) is 0. The van der Waals surface area contributed by atoms with E-state index in [-0.39, 0.29) is 6.04 Å². The van der Waals surface area contributed by atoms with Gasteiger partial charge in [-0.05, 0) is 37.7 Å². The van der Waals surface area contributed by atoms with Crippen LogP contribution in [0.4, 0.5) is 0 Å². The molecule has 3 nitrogen and oxygen atoms in total. The summed E-state index contributed by atoms with van der Waals surface area (Å²) in [6.45, 7) is 0.886. The van der Waals surface area contributed by atoms with Crippen molar-refractivity contribution in [3.05, 3.63) is 35.9 Å². The molecule has 0 spiro atoms. The van der Waals surface area contributed by atoms with Gasteiger partial charge in [-0.25, -0.2) is 0 Å². The van der Waals surface area contributed by atoms with Gasteiger partial charge in [0, 0.05) is 25.7 Å². The summed E-state index contributed by atoms with van der Waals surface area (Å²) in [6, 6.07) is 11.3. The zero-order valence-electron chi connectivity index (χ0n) is 11.8. The van der Waals surface area contributed by atoms with Gasteiger partial charge in [-0.3, -0.25) is 0 Å². The average Bonchev–Trinajstić information content (AvgIpc) is 2.91. The van der Waals surface area contributed by atoms with Crippen molar-refractivity contribution in [3.8, 4) is 0 Å². The summed E-state index contributed by atoms with van der Waals surface area (Å²) >= 11 is 0. The SMILES string of the molecule is COC1CCCC1NCC(N)CCc1ccccc1. The van der Waals surface area contributed by atoms with Crippen LogP contribution in [-0.2, 0) is 11.2 Å². The highest BCUT2D eigenvalue weighted by molar-refractivity contribution is 5.14. The van der Waals surface area contributed by atoms with Crippen LogP contribution in [-0.4, -0.2) is 31.8 Å². The van der Waals surface area contributed by atoms with Gasteiger partial charge in [-0.15, -0.1) is 0 Å². The summed E-state index contributed by atoms with van der Waals surface area (Å²) < 4.78 is 5.48. The summed E-state index contributed by atoms with van der Waals surface area (Å²) in [6.07, 6.45) is 6.11. The van der Waals surface area contributed by atoms with Crippen molar-refractivity contribution < 1.29 is 4.74 Å². The molecule has 1 aromatic rings. The summed E-state index contributed by atoms with van der Waals surface area (Å²) in [7, 11) is 1.81. The van der Waals surface area contributed by atoms with Crippen LogP contribution in [0.2, 0.25) is 0 Å². The van der Waals surface area contributed by atoms with Crippen molar-refractivity contribution in [2.75, 3.05) is 13.7 Å². The average molecular weight is 262 g/mol. The Morgan fingerprint density at radius 2 is 2.11 bits per heavy atom. The number of rotatable bonds is 7. The largest absolute Gasteiger partial charge is 0.380 e. The number of hydrogen-bond donors (Lipinski definition) is 2. The van der Waals surface area contributed by atoms with Gasteiger partial charge in [-0.1, -0.05) is 30.3 Å². The molecule has 3 heteroatoms. The lowest BCUT2D eigenvalue weighted by Crippen LogP contribution is -2.43. The normalized spacial score (nSPS) is 24.5. The summed E-state index contributed by atoms with van der Waals surface area (Å²) in [5, 5.41) is 3.57. The molecule has 1 aromatic carbocycles. The third-order valence-corrected chi connectivity index (χ3v) is 4.04. The minimum atomic E-state index is 0.221. The fourth-order valence-electron chi connectivity index (χ4n) is 2.84. The molecule has 3 atom stereocenters. The van der Waals surface area contributed by atoms with E-state index in [0.29, 0.717) is 12.1 Å². The van der Waals surface area contributed by atoms with Crippen molar-refractivity contribution in [1.82, 2.24) is 5.32 Å². The molecule has 1 fully saturated rings. The van der Waals surface area contributed by atoms with Crippen LogP contribution in [0.5, 0.6) is 0 Å². The Kier molecular flexibility index (Phi) is 5.83. The van der Waals surface area contributed by atoms with Gasteiger partial charge in [0.25, 0.3) is 0 Å². The van der Waals surface area contributed by atoms with Crippen molar-refractivity contribution in [1.29, 1.82) is 0 Å². The molecule has 0 radical (unpaired) electrons. The Balaban J connectivity index is 1.66. The molecule has 3 unspecified atom stereocenters. The number of benzene rings is 1. The number of ether oxygens (including phenoxy) is 1. The van der Waals surface area contributed by atoms with Gasteiger partial charge in [0.15, 0.2) is 0 Å². The monoisotopic (exact) mass is 262 g/mol. The third kappa shape index (κ3) is 4.60. The van der Waals surface area contributed by atoms with Gasteiger partial charge in [0.05, 0.1) is 6.10 Å². The van der Waals surface area contributed by atoms with Gasteiger partial charge in [0.2, 0.25) is 0 Å². The molecule has 19 heavy (non-hydrogen) atoms. The number of hydrogen-bond acceptors (Lipinski definition) is 3. The number of nitrogens with two attached hydrogens (primary N) is 1. The second-order valence-electron chi connectivity index (χ2n) is 5.50. The minimum absolute atomic E-state index is 0.221. The van der Waals surface area contributed by atoms with E-state index in [0.717, 1.165) is 19.4 Å². The molecule has 2 rings (SSSR count). The summed E-state index contributed by atoms with van der Waals surface area (Å²) in [4.78, 5) is 0. The fourth-order valence-corrected chi connectivity index (χ4v) is 2.84. The van der Waals surface area contributed by atoms with E-state index < -0.39 is 0 Å². The molecule has 0 bridgehead atoms. The van der Waals surface area contributed by atoms with Crippen LogP contribution in [0.25, 0.3) is 0 Å². The van der Waals surface area contributed by atoms with Crippen LogP contribution in [0.15, 0.2) is 30.3 Å². The molecule has 106 valence electrons. The lowest BCUT2D eigenvalue weighted by Gasteiger charge is -2.22. The molecule has 0 aliphatic heterocycles. The standard InChI is InChI=1S/C16H26N2O/c1-19-16-9-5-8-15(16)18-12-14(17)11-10-13-6-3-2-4-7-13/h2-4,6-7,14-16,18H,5,8-12,17H2,1H3. The van der Waals surface area contributed by atoms with Crippen LogP contribution in [0, 0.1) is 0 Å². The molecule has 0 aromatic heterocycles. The smallest absolute Gasteiger partial charge is 0.0724 e. The lowest BCUT2D eigenvalue weighted by atomic mass is 10.1. The van der Waals surface area contributed by atoms with Crippen molar-refractivity contribution in [2.45, 2.75) is 50.3 Å². The number of nitrogens with one attached hydrogen (secondary N) is 1. The molecule has 0 amide bonds. The molecule has 0 heterocycles. The molecule has 1 aliphatic rings. The van der Waals surface area contributed by atoms with Gasteiger partial charge < -0.3 is 15.8 Å². The zero-order chi connectivity index (χ0) is 13.5. The maximum atomic E-state index is 6.18. The Bertz CT molecular complexity index is 355. The molecule has 3 N–H and O–H groups in total. The zero-order valence-corrected chi connectivity index (χ0v) is 11.8. The van der Waals surface area contributed by atoms with E-state index in [2.05, 4.69) is 35.6 Å². The van der Waals surface area contributed by atoms with E-state index >= 15 is 0 Å². The highest BCUT2D eigenvalue weighted by Gasteiger charge is 2.26. The van der Waals surface area contributed by atoms with Crippen LogP contribution < -0.4 is 11.1 Å². The fraction of sp³-hybridized carbons (Fsp3) is 0.625. The highest BCUT2D eigenvalue weighted by atomic mass is 16.5. The molecule has 1 saturated carbocycles. The van der Waals surface area contributed by atoms with Gasteiger partial charge in [-0.2, -0.15) is 0 Å². The number of methoxy groups -OCH3 is 1. The van der Waals surface area contributed by atoms with Crippen LogP contribution in [0.3, 0.4) is 0 Å². The first-order valence-corrected chi connectivity index (χ1v) is 7.35. The lowest BCUT2D eigenvalue weighted by molar-refractivity contribution is 0.0847. The van der Waals surface area contributed by atoms with Gasteiger partial charge >= 0.3 is 0 Å². The first-order chi connectivity index (χ1) is 9.29. The van der Waals surface area contributed by atoms with E-state index in [4.69, 9.17) is 10.5 Å². The van der Waals surface area contributed by atoms with E-state index in [9.17, 15) is 0 Å². The van der Waals surface area contributed by atoms with Crippen LogP contribution >= 0.6 is 0 Å². The quantitative estimate of drug-likeness (QED) is 0.791. The highest BCUT2D eigenvalue weighted by Crippen LogP contribution is 2.21. The predicted octanol–water partition coefficient (Wildman–Crippen LogP) is 2.10. The Hall–Kier alpha value is -0.900. The topological polar surface area (TPSA) is 47.3 Å². The Morgan fingerprint density at radius 1 is 1.32 bits per heavy atom. The molecular weight excluding hydrogens is 236 g/mol. The first kappa shape index (κ1) is 14.5. The summed E-state index contributed by atoms with van der Waals surface area (Å²) in [5.41, 5.74) is 7.55. The second-order valence-corrected chi connectivity index (χ2v) is 5.50. The maximum Gasteiger partial charge on any atom is 0.0724 e. The minimum Gasteiger partial charge on any atom is -0.380 e. The maximum absolute atomic E-state index is 6.18. The first-order valence-electron chi connectivity index (χ1n) is 7.35. The third-order valence-electron chi connectivity index (χ3n) is 4.04. The van der Waals surface area contributed by atoms with E-state index in [1.54, 1.807) is 7.11 Å². The second kappa shape index (κ2) is 7.63.